The molecule has 1 heterocycles. The third-order valence-electron chi connectivity index (χ3n) is 2.05. The maximum atomic E-state index is 12.9. The number of rotatable bonds is 4. The highest BCUT2D eigenvalue weighted by Gasteiger charge is 2.27. The van der Waals surface area contributed by atoms with Crippen molar-refractivity contribution in [3.05, 3.63) is 17.3 Å². The number of aromatic nitrogens is 1. The second-order valence-electron chi connectivity index (χ2n) is 2.92. The number of carbonyl (C=O) groups is 1. The molecule has 0 bridgehead atoms. The molecule has 0 atom stereocenters. The van der Waals surface area contributed by atoms with E-state index in [0.717, 1.165) is 13.3 Å². The van der Waals surface area contributed by atoms with Gasteiger partial charge in [0, 0.05) is 6.20 Å². The summed E-state index contributed by atoms with van der Waals surface area (Å²) in [4.78, 5) is 15.0. The third-order valence-corrected chi connectivity index (χ3v) is 2.05. The Labute approximate surface area is 96.3 Å². The Morgan fingerprint density at radius 2 is 1.94 bits per heavy atom. The van der Waals surface area contributed by atoms with Crippen molar-refractivity contribution in [3.8, 4) is 11.6 Å². The van der Waals surface area contributed by atoms with Gasteiger partial charge < -0.3 is 14.2 Å². The maximum absolute atomic E-state index is 12.9. The molecule has 94 valence electrons. The lowest BCUT2D eigenvalue weighted by Gasteiger charge is -2.14. The van der Waals surface area contributed by atoms with Crippen LogP contribution in [0.15, 0.2) is 6.20 Å². The zero-order valence-corrected chi connectivity index (χ0v) is 9.49. The molecule has 1 rings (SSSR count). The summed E-state index contributed by atoms with van der Waals surface area (Å²) in [5.41, 5.74) is -0.746. The van der Waals surface area contributed by atoms with E-state index in [1.807, 2.05) is 0 Å². The van der Waals surface area contributed by atoms with E-state index in [0.29, 0.717) is 0 Å². The minimum Gasteiger partial charge on any atom is -0.495 e. The Hall–Kier alpha value is -1.92. The van der Waals surface area contributed by atoms with Gasteiger partial charge in [0.1, 0.15) is 16.9 Å². The molecule has 0 N–H and O–H groups in total. The molecule has 0 radical (unpaired) electrons. The number of pyridine rings is 1. The average molecular weight is 247 g/mol. The molecular weight excluding hydrogens is 236 g/mol. The van der Waals surface area contributed by atoms with E-state index >= 15 is 0 Å². The van der Waals surface area contributed by atoms with Gasteiger partial charge in [0.2, 0.25) is 5.88 Å². The zero-order valence-electron chi connectivity index (χ0n) is 9.49. The second kappa shape index (κ2) is 5.42. The molecule has 0 unspecified atom stereocenters. The van der Waals surface area contributed by atoms with E-state index in [-0.39, 0.29) is 17.2 Å². The van der Waals surface area contributed by atoms with Crippen LogP contribution in [0.25, 0.3) is 0 Å². The molecule has 0 saturated heterocycles. The summed E-state index contributed by atoms with van der Waals surface area (Å²) >= 11 is 0. The van der Waals surface area contributed by atoms with Crippen molar-refractivity contribution in [1.29, 1.82) is 0 Å². The van der Waals surface area contributed by atoms with Crippen molar-refractivity contribution in [2.45, 2.75) is 6.43 Å². The summed E-state index contributed by atoms with van der Waals surface area (Å²) in [7, 11) is 3.51. The predicted octanol–water partition coefficient (Wildman–Crippen LogP) is 1.82. The fraction of sp³-hybridized carbons (Fsp3) is 0.400. The van der Waals surface area contributed by atoms with Gasteiger partial charge in [-0.25, -0.2) is 18.6 Å². The van der Waals surface area contributed by atoms with Crippen LogP contribution < -0.4 is 9.47 Å². The Morgan fingerprint density at radius 1 is 1.29 bits per heavy atom. The summed E-state index contributed by atoms with van der Waals surface area (Å²) in [5.74, 6) is -1.39. The average Bonchev–Trinajstić information content (AvgIpc) is 2.35. The topological polar surface area (TPSA) is 57.7 Å². The number of esters is 1. The lowest BCUT2D eigenvalue weighted by Crippen LogP contribution is -2.09. The zero-order chi connectivity index (χ0) is 13.0. The summed E-state index contributed by atoms with van der Waals surface area (Å²) in [6, 6.07) is 0. The van der Waals surface area contributed by atoms with Crippen molar-refractivity contribution in [3.63, 3.8) is 0 Å². The van der Waals surface area contributed by atoms with Crippen molar-refractivity contribution < 1.29 is 27.8 Å². The van der Waals surface area contributed by atoms with E-state index in [2.05, 4.69) is 9.72 Å². The predicted molar refractivity (Wildman–Crippen MR) is 53.6 cm³/mol. The van der Waals surface area contributed by atoms with Crippen molar-refractivity contribution in [2.75, 3.05) is 21.3 Å². The smallest absolute Gasteiger partial charge is 0.343 e. The fourth-order valence-electron chi connectivity index (χ4n) is 1.32. The third kappa shape index (κ3) is 2.43. The number of alkyl halides is 2. The first-order valence-corrected chi connectivity index (χ1v) is 4.54. The van der Waals surface area contributed by atoms with Gasteiger partial charge in [0.05, 0.1) is 21.3 Å². The Morgan fingerprint density at radius 3 is 2.35 bits per heavy atom. The number of hydrogen-bond acceptors (Lipinski definition) is 5. The molecule has 7 heteroatoms. The summed E-state index contributed by atoms with van der Waals surface area (Å²) in [6.07, 6.45) is -1.81. The molecule has 0 saturated carbocycles. The first-order chi connectivity index (χ1) is 8.06. The Balaban J connectivity index is 3.46. The van der Waals surface area contributed by atoms with Crippen molar-refractivity contribution in [1.82, 2.24) is 4.98 Å². The fourth-order valence-corrected chi connectivity index (χ4v) is 1.32. The van der Waals surface area contributed by atoms with Crippen LogP contribution in [-0.2, 0) is 4.74 Å². The van der Waals surface area contributed by atoms with Gasteiger partial charge in [-0.15, -0.1) is 0 Å². The van der Waals surface area contributed by atoms with Crippen molar-refractivity contribution >= 4 is 5.97 Å². The highest BCUT2D eigenvalue weighted by molar-refractivity contribution is 5.92. The Kier molecular flexibility index (Phi) is 4.19. The minimum absolute atomic E-state index is 0.175. The van der Waals surface area contributed by atoms with Crippen molar-refractivity contribution in [2.24, 2.45) is 0 Å². The molecule has 17 heavy (non-hydrogen) atoms. The molecule has 0 aliphatic carbocycles. The van der Waals surface area contributed by atoms with Gasteiger partial charge >= 0.3 is 5.97 Å². The molecule has 5 nitrogen and oxygen atoms in total. The molecule has 0 aromatic carbocycles. The lowest BCUT2D eigenvalue weighted by molar-refractivity contribution is 0.0595. The van der Waals surface area contributed by atoms with Crippen LogP contribution in [0.5, 0.6) is 11.6 Å². The molecule has 1 aromatic heterocycles. The summed E-state index contributed by atoms with van der Waals surface area (Å²) < 4.78 is 39.7. The monoisotopic (exact) mass is 247 g/mol. The largest absolute Gasteiger partial charge is 0.495 e. The molecule has 0 aliphatic rings. The van der Waals surface area contributed by atoms with Gasteiger partial charge in [-0.05, 0) is 0 Å². The number of ether oxygens (including phenoxy) is 3. The van der Waals surface area contributed by atoms with E-state index in [1.165, 1.54) is 14.2 Å². The first kappa shape index (κ1) is 13.1. The Bertz CT molecular complexity index is 423. The molecule has 0 aliphatic heterocycles. The molecule has 0 amide bonds. The molecule has 0 fully saturated rings. The number of methoxy groups -OCH3 is 3. The normalized spacial score (nSPS) is 10.2. The van der Waals surface area contributed by atoms with E-state index in [9.17, 15) is 13.6 Å². The standard InChI is InChI=1S/C10H11F2NO4/c1-15-7-5(10(14)17-3)4-13-9(16-2)6(7)8(11)12/h4,8H,1-3H3. The van der Waals surface area contributed by atoms with Gasteiger partial charge in [0.15, 0.2) is 0 Å². The van der Waals surface area contributed by atoms with Crippen LogP contribution in [0.1, 0.15) is 22.3 Å². The van der Waals surface area contributed by atoms with Crippen LogP contribution in [0.4, 0.5) is 8.78 Å². The maximum Gasteiger partial charge on any atom is 0.343 e. The molecular formula is C10H11F2NO4. The highest BCUT2D eigenvalue weighted by atomic mass is 19.3. The summed E-state index contributed by atoms with van der Waals surface area (Å²) in [6.45, 7) is 0. The second-order valence-corrected chi connectivity index (χ2v) is 2.92. The van der Waals surface area contributed by atoms with E-state index < -0.39 is 18.0 Å². The first-order valence-electron chi connectivity index (χ1n) is 4.54. The number of carbonyl (C=O) groups excluding carboxylic acids is 1. The van der Waals surface area contributed by atoms with E-state index in [1.54, 1.807) is 0 Å². The lowest BCUT2D eigenvalue weighted by atomic mass is 10.1. The van der Waals surface area contributed by atoms with Crippen LogP contribution in [0.2, 0.25) is 0 Å². The van der Waals surface area contributed by atoms with Crippen LogP contribution >= 0.6 is 0 Å². The van der Waals surface area contributed by atoms with Gasteiger partial charge in [0.25, 0.3) is 6.43 Å². The van der Waals surface area contributed by atoms with Gasteiger partial charge in [-0.1, -0.05) is 0 Å². The minimum atomic E-state index is -2.88. The van der Waals surface area contributed by atoms with Crippen LogP contribution in [-0.4, -0.2) is 32.3 Å². The number of hydrogen-bond donors (Lipinski definition) is 0. The molecule has 0 spiro atoms. The van der Waals surface area contributed by atoms with Gasteiger partial charge in [-0.3, -0.25) is 0 Å². The number of halogens is 2. The van der Waals surface area contributed by atoms with Gasteiger partial charge in [-0.2, -0.15) is 0 Å². The van der Waals surface area contributed by atoms with Crippen LogP contribution in [0, 0.1) is 0 Å². The van der Waals surface area contributed by atoms with E-state index in [4.69, 9.17) is 9.47 Å². The van der Waals surface area contributed by atoms with Crippen LogP contribution in [0.3, 0.4) is 0 Å². The SMILES string of the molecule is COC(=O)c1cnc(OC)c(C(F)F)c1OC. The molecule has 1 aromatic rings. The quantitative estimate of drug-likeness (QED) is 0.759. The highest BCUT2D eigenvalue weighted by Crippen LogP contribution is 2.37. The summed E-state index contributed by atoms with van der Waals surface area (Å²) in [5, 5.41) is 0. The number of nitrogens with zero attached hydrogens (tertiary/aromatic N) is 1.